The van der Waals surface area contributed by atoms with Gasteiger partial charge in [-0.15, -0.1) is 0 Å². The van der Waals surface area contributed by atoms with E-state index in [-0.39, 0.29) is 12.2 Å². The third-order valence-electron chi connectivity index (χ3n) is 1.87. The summed E-state index contributed by atoms with van der Waals surface area (Å²) in [5.41, 5.74) is 0. The Balaban J connectivity index is 0.000000200. The van der Waals surface area contributed by atoms with Crippen molar-refractivity contribution in [2.75, 3.05) is 5.75 Å². The lowest BCUT2D eigenvalue weighted by Gasteiger charge is -2.09. The van der Waals surface area contributed by atoms with Crippen LogP contribution in [-0.2, 0) is 33.4 Å². The zero-order chi connectivity index (χ0) is 15.1. The van der Waals surface area contributed by atoms with Gasteiger partial charge in [-0.1, -0.05) is 0 Å². The lowest BCUT2D eigenvalue weighted by Crippen LogP contribution is -2.43. The Kier molecular flexibility index (Phi) is 3.58. The topological polar surface area (TPSA) is 104 Å². The third-order valence-corrected chi connectivity index (χ3v) is 3.01. The van der Waals surface area contributed by atoms with Gasteiger partial charge in [-0.3, -0.25) is 4.79 Å². The summed E-state index contributed by atoms with van der Waals surface area (Å²) in [6.07, 6.45) is 0.00231. The molecule has 0 radical (unpaired) electrons. The summed E-state index contributed by atoms with van der Waals surface area (Å²) >= 11 is 0. The van der Waals surface area contributed by atoms with Crippen LogP contribution >= 0.6 is 0 Å². The molecule has 0 atom stereocenters. The minimum Gasteiger partial charge on any atom is -0.384 e. The van der Waals surface area contributed by atoms with E-state index in [2.05, 4.69) is 8.92 Å². The molecule has 108 valence electrons. The van der Waals surface area contributed by atoms with Crippen LogP contribution in [0, 0.1) is 0 Å². The van der Waals surface area contributed by atoms with E-state index in [0.29, 0.717) is 0 Å². The summed E-state index contributed by atoms with van der Waals surface area (Å²) in [5, 5.41) is 0. The Morgan fingerprint density at radius 2 is 1.37 bits per heavy atom. The summed E-state index contributed by atoms with van der Waals surface area (Å²) < 4.78 is 75.0. The largest absolute Gasteiger partial charge is 0.416 e. The maximum absolute atomic E-state index is 11.9. The molecule has 2 rings (SSSR count). The average molecular weight is 308 g/mol. The van der Waals surface area contributed by atoms with E-state index in [1.165, 1.54) is 0 Å². The Bertz CT molecular complexity index is 514. The van der Waals surface area contributed by atoms with Crippen LogP contribution in [-0.4, -0.2) is 43.9 Å². The van der Waals surface area contributed by atoms with Gasteiger partial charge in [0.05, 0.1) is 12.2 Å². The van der Waals surface area contributed by atoms with E-state index >= 15 is 0 Å². The smallest absolute Gasteiger partial charge is 0.384 e. The molecule has 0 aromatic carbocycles. The lowest BCUT2D eigenvalue weighted by molar-refractivity contribution is -0.192. The molecule has 2 fully saturated rings. The molecule has 2 heterocycles. The molecule has 0 aromatic rings. The van der Waals surface area contributed by atoms with Gasteiger partial charge in [-0.25, -0.2) is 9.59 Å². The number of carbonyl (C=O) groups is 3. The summed E-state index contributed by atoms with van der Waals surface area (Å²) in [5.74, 6) is -15.9. The van der Waals surface area contributed by atoms with Gasteiger partial charge in [0, 0.05) is 0 Å². The van der Waals surface area contributed by atoms with Gasteiger partial charge in [0.2, 0.25) is 0 Å². The molecule has 7 nitrogen and oxygen atoms in total. The highest BCUT2D eigenvalue weighted by molar-refractivity contribution is 7.87. The van der Waals surface area contributed by atoms with Crippen LogP contribution in [0.25, 0.3) is 0 Å². The summed E-state index contributed by atoms with van der Waals surface area (Å²) in [4.78, 5) is 29.8. The molecule has 12 heteroatoms. The average Bonchev–Trinajstić information content (AvgIpc) is 2.61. The third kappa shape index (κ3) is 2.83. The predicted octanol–water partition coefficient (Wildman–Crippen LogP) is -0.396. The molecule has 0 saturated carbocycles. The van der Waals surface area contributed by atoms with Crippen molar-refractivity contribution in [3.8, 4) is 0 Å². The number of hydrogen-bond acceptors (Lipinski definition) is 7. The molecule has 0 bridgehead atoms. The molecule has 0 spiro atoms. The zero-order valence-electron chi connectivity index (χ0n) is 8.69. The molecule has 2 aliphatic rings. The Morgan fingerprint density at radius 3 is 1.47 bits per heavy atom. The molecular formula is C7H4F4O7S. The van der Waals surface area contributed by atoms with E-state index in [1.54, 1.807) is 0 Å². The van der Waals surface area contributed by atoms with E-state index in [1.807, 2.05) is 0 Å². The van der Waals surface area contributed by atoms with Crippen LogP contribution in [0.15, 0.2) is 0 Å². The van der Waals surface area contributed by atoms with Crippen molar-refractivity contribution in [1.82, 2.24) is 0 Å². The van der Waals surface area contributed by atoms with E-state index in [0.717, 1.165) is 0 Å². The van der Waals surface area contributed by atoms with E-state index < -0.39 is 39.9 Å². The molecule has 0 N–H and O–H groups in total. The van der Waals surface area contributed by atoms with Gasteiger partial charge in [-0.2, -0.15) is 26.0 Å². The van der Waals surface area contributed by atoms with Crippen molar-refractivity contribution < 1.29 is 49.3 Å². The van der Waals surface area contributed by atoms with Gasteiger partial charge in [0.15, 0.2) is 0 Å². The van der Waals surface area contributed by atoms with E-state index in [4.69, 9.17) is 0 Å². The minimum atomic E-state index is -5.02. The normalized spacial score (nSPS) is 26.2. The molecule has 0 aliphatic carbocycles. The quantitative estimate of drug-likeness (QED) is 0.260. The Hall–Kier alpha value is -1.72. The maximum Gasteiger partial charge on any atom is 0.416 e. The lowest BCUT2D eigenvalue weighted by atomic mass is 10.2. The first kappa shape index (κ1) is 15.3. The molecule has 19 heavy (non-hydrogen) atoms. The summed E-state index contributed by atoms with van der Waals surface area (Å²) in [6.45, 7) is 0. The van der Waals surface area contributed by atoms with Crippen molar-refractivity contribution in [2.24, 2.45) is 0 Å². The van der Waals surface area contributed by atoms with Crippen LogP contribution in [0.5, 0.6) is 0 Å². The number of rotatable bonds is 0. The molecule has 0 aromatic heterocycles. The Labute approximate surface area is 102 Å². The van der Waals surface area contributed by atoms with Crippen molar-refractivity contribution >= 4 is 28.0 Å². The van der Waals surface area contributed by atoms with Crippen LogP contribution in [0.2, 0.25) is 0 Å². The van der Waals surface area contributed by atoms with Gasteiger partial charge >= 0.3 is 39.9 Å². The molecule has 0 unspecified atom stereocenters. The molecule has 0 amide bonds. The van der Waals surface area contributed by atoms with E-state index in [9.17, 15) is 40.4 Å². The van der Waals surface area contributed by atoms with Crippen molar-refractivity contribution in [1.29, 1.82) is 0 Å². The van der Waals surface area contributed by atoms with Gasteiger partial charge < -0.3 is 8.92 Å². The van der Waals surface area contributed by atoms with Crippen LogP contribution < -0.4 is 0 Å². The fraction of sp³-hybridized carbons (Fsp3) is 0.571. The van der Waals surface area contributed by atoms with Crippen LogP contribution in [0.4, 0.5) is 17.6 Å². The number of ether oxygens (including phenoxy) is 1. The summed E-state index contributed by atoms with van der Waals surface area (Å²) in [7, 11) is -3.45. The first-order chi connectivity index (χ1) is 8.40. The van der Waals surface area contributed by atoms with Gasteiger partial charge in [0.25, 0.3) is 0 Å². The molecule has 2 saturated heterocycles. The zero-order valence-corrected chi connectivity index (χ0v) is 9.51. The first-order valence-electron chi connectivity index (χ1n) is 4.37. The van der Waals surface area contributed by atoms with Gasteiger partial charge in [0.1, 0.15) is 0 Å². The van der Waals surface area contributed by atoms with Crippen molar-refractivity contribution in [3.63, 3.8) is 0 Å². The number of alkyl halides is 4. The number of cyclic esters (lactones) is 2. The first-order valence-corrected chi connectivity index (χ1v) is 5.95. The fourth-order valence-corrected chi connectivity index (χ4v) is 1.77. The maximum atomic E-state index is 11.9. The Morgan fingerprint density at radius 1 is 0.947 bits per heavy atom. The van der Waals surface area contributed by atoms with Crippen molar-refractivity contribution in [3.05, 3.63) is 0 Å². The molecular weight excluding hydrogens is 304 g/mol. The predicted molar refractivity (Wildman–Crippen MR) is 45.5 cm³/mol. The monoisotopic (exact) mass is 308 g/mol. The highest BCUT2D eigenvalue weighted by Gasteiger charge is 2.75. The fourth-order valence-electron chi connectivity index (χ4n) is 0.902. The van der Waals surface area contributed by atoms with Crippen LogP contribution in [0.1, 0.15) is 6.42 Å². The number of halogens is 4. The SMILES string of the molecule is O=C1CCS(=O)(=O)O1.O=C1OC(=O)C(F)(F)C1(F)F. The number of carbonyl (C=O) groups excluding carboxylic acids is 3. The highest BCUT2D eigenvalue weighted by Crippen LogP contribution is 2.41. The standard InChI is InChI=1S/C4F4O3.C3H4O4S/c5-3(6)1(9)11-2(10)4(3,7)8;4-3-1-2-8(5,6)7-3/h;1-2H2. The second kappa shape index (κ2) is 4.43. The van der Waals surface area contributed by atoms with Crippen molar-refractivity contribution in [2.45, 2.75) is 18.3 Å². The second-order valence-electron chi connectivity index (χ2n) is 3.29. The molecule has 2 aliphatic heterocycles. The van der Waals surface area contributed by atoms with Gasteiger partial charge in [-0.05, 0) is 0 Å². The number of hydrogen-bond donors (Lipinski definition) is 0. The van der Waals surface area contributed by atoms with Crippen LogP contribution in [0.3, 0.4) is 0 Å². The second-order valence-corrected chi connectivity index (χ2v) is 4.98. The summed E-state index contributed by atoms with van der Waals surface area (Å²) in [6, 6.07) is 0. The minimum absolute atomic E-state index is 0.00231. The highest BCUT2D eigenvalue weighted by atomic mass is 32.2. The number of esters is 2.